The molecule has 1 atom stereocenters. The lowest BCUT2D eigenvalue weighted by atomic mass is 10.1. The van der Waals surface area contributed by atoms with Crippen molar-refractivity contribution >= 4 is 51.7 Å². The molecule has 0 bridgehead atoms. The van der Waals surface area contributed by atoms with Crippen LogP contribution in [0.2, 0.25) is 5.02 Å². The minimum absolute atomic E-state index is 0.202. The van der Waals surface area contributed by atoms with Gasteiger partial charge in [-0.15, -0.1) is 22.7 Å². The molecule has 0 N–H and O–H groups in total. The van der Waals surface area contributed by atoms with Crippen LogP contribution in [0.25, 0.3) is 6.08 Å². The summed E-state index contributed by atoms with van der Waals surface area (Å²) in [7, 11) is 0. The smallest absolute Gasteiger partial charge is 0.0924 e. The van der Waals surface area contributed by atoms with Gasteiger partial charge in [-0.25, -0.2) is 0 Å². The van der Waals surface area contributed by atoms with Gasteiger partial charge in [0.25, 0.3) is 0 Å². The van der Waals surface area contributed by atoms with E-state index in [1.54, 1.807) is 22.7 Å². The van der Waals surface area contributed by atoms with Crippen molar-refractivity contribution in [3.05, 3.63) is 80.1 Å². The summed E-state index contributed by atoms with van der Waals surface area (Å²) < 4.78 is 0. The Balaban J connectivity index is 1.68. The fraction of sp³-hybridized carbons (Fsp3) is 0.105. The van der Waals surface area contributed by atoms with Crippen molar-refractivity contribution in [2.45, 2.75) is 12.5 Å². The topological polar surface area (TPSA) is 15.6 Å². The lowest BCUT2D eigenvalue weighted by Gasteiger charge is -2.23. The average molecular weight is 371 g/mol. The average Bonchev–Trinajstić information content (AvgIpc) is 3.34. The Morgan fingerprint density at radius 3 is 2.58 bits per heavy atom. The fourth-order valence-electron chi connectivity index (χ4n) is 2.76. The molecule has 0 saturated heterocycles. The van der Waals surface area contributed by atoms with Gasteiger partial charge in [0.15, 0.2) is 0 Å². The molecule has 4 rings (SSSR count). The maximum atomic E-state index is 6.41. The van der Waals surface area contributed by atoms with Crippen LogP contribution in [0.1, 0.15) is 22.2 Å². The molecule has 0 spiro atoms. The van der Waals surface area contributed by atoms with Crippen molar-refractivity contribution in [3.63, 3.8) is 0 Å². The van der Waals surface area contributed by atoms with Gasteiger partial charge in [-0.1, -0.05) is 35.9 Å². The molecule has 3 aromatic rings. The Kier molecular flexibility index (Phi) is 4.52. The van der Waals surface area contributed by atoms with E-state index in [1.165, 1.54) is 9.75 Å². The second-order valence-electron chi connectivity index (χ2n) is 5.47. The monoisotopic (exact) mass is 370 g/mol. The number of rotatable bonds is 4. The zero-order valence-corrected chi connectivity index (χ0v) is 15.2. The lowest BCUT2D eigenvalue weighted by Crippen LogP contribution is -2.17. The van der Waals surface area contributed by atoms with Crippen LogP contribution in [0.15, 0.2) is 70.5 Å². The maximum absolute atomic E-state index is 6.41. The summed E-state index contributed by atoms with van der Waals surface area (Å²) in [6.07, 6.45) is 5.13. The van der Waals surface area contributed by atoms with Crippen LogP contribution in [0.3, 0.4) is 0 Å². The summed E-state index contributed by atoms with van der Waals surface area (Å²) in [5.41, 5.74) is 2.03. The first-order valence-electron chi connectivity index (χ1n) is 7.67. The Labute approximate surface area is 154 Å². The first kappa shape index (κ1) is 15.6. The fourth-order valence-corrected chi connectivity index (χ4v) is 4.41. The van der Waals surface area contributed by atoms with Gasteiger partial charge in [0, 0.05) is 16.2 Å². The standard InChI is InChI=1S/C19H15ClN2S2/c20-16-6-1-2-7-17(16)22-18(19-8-4-12-24-19)13-14(21-22)9-10-15-5-3-11-23-15/h1-12,18H,13H2/b10-9+. The van der Waals surface area contributed by atoms with Crippen LogP contribution >= 0.6 is 34.3 Å². The number of hydrazone groups is 1. The highest BCUT2D eigenvalue weighted by molar-refractivity contribution is 7.10. The highest BCUT2D eigenvalue weighted by Gasteiger charge is 2.29. The molecular formula is C19H15ClN2S2. The number of halogens is 1. The van der Waals surface area contributed by atoms with E-state index < -0.39 is 0 Å². The number of allylic oxidation sites excluding steroid dienone is 1. The highest BCUT2D eigenvalue weighted by Crippen LogP contribution is 2.40. The summed E-state index contributed by atoms with van der Waals surface area (Å²) in [5, 5.41) is 11.8. The molecule has 0 saturated carbocycles. The first-order valence-corrected chi connectivity index (χ1v) is 9.81. The van der Waals surface area contributed by atoms with Crippen LogP contribution < -0.4 is 5.01 Å². The van der Waals surface area contributed by atoms with Crippen molar-refractivity contribution in [2.24, 2.45) is 5.10 Å². The third-order valence-corrected chi connectivity index (χ3v) is 6.02. The molecule has 0 aliphatic carbocycles. The van der Waals surface area contributed by atoms with Gasteiger partial charge < -0.3 is 0 Å². The van der Waals surface area contributed by atoms with E-state index in [2.05, 4.69) is 52.2 Å². The van der Waals surface area contributed by atoms with Crippen LogP contribution in [-0.2, 0) is 0 Å². The van der Waals surface area contributed by atoms with Gasteiger partial charge in [-0.3, -0.25) is 5.01 Å². The Morgan fingerprint density at radius 1 is 1.00 bits per heavy atom. The number of nitrogens with zero attached hydrogens (tertiary/aromatic N) is 2. The molecule has 2 aromatic heterocycles. The maximum Gasteiger partial charge on any atom is 0.0924 e. The molecule has 2 nitrogen and oxygen atoms in total. The molecule has 0 fully saturated rings. The van der Waals surface area contributed by atoms with E-state index in [0.29, 0.717) is 0 Å². The third kappa shape index (κ3) is 3.18. The van der Waals surface area contributed by atoms with E-state index in [4.69, 9.17) is 16.7 Å². The summed E-state index contributed by atoms with van der Waals surface area (Å²) in [5.74, 6) is 0. The quantitative estimate of drug-likeness (QED) is 0.512. The van der Waals surface area contributed by atoms with Crippen LogP contribution in [-0.4, -0.2) is 5.71 Å². The molecule has 0 radical (unpaired) electrons. The molecule has 0 amide bonds. The highest BCUT2D eigenvalue weighted by atomic mass is 35.5. The molecule has 1 unspecified atom stereocenters. The number of benzene rings is 1. The van der Waals surface area contributed by atoms with Gasteiger partial charge >= 0.3 is 0 Å². The minimum atomic E-state index is 0.202. The van der Waals surface area contributed by atoms with Crippen LogP contribution in [0.5, 0.6) is 0 Å². The Bertz CT molecular complexity index is 867. The van der Waals surface area contributed by atoms with Crippen molar-refractivity contribution in [2.75, 3.05) is 5.01 Å². The van der Waals surface area contributed by atoms with Gasteiger partial charge in [0.2, 0.25) is 0 Å². The lowest BCUT2D eigenvalue weighted by molar-refractivity contribution is 0.722. The summed E-state index contributed by atoms with van der Waals surface area (Å²) in [6.45, 7) is 0. The predicted molar refractivity (Wildman–Crippen MR) is 106 cm³/mol. The number of hydrogen-bond donors (Lipinski definition) is 0. The molecule has 1 aliphatic rings. The Morgan fingerprint density at radius 2 is 1.83 bits per heavy atom. The van der Waals surface area contributed by atoms with E-state index in [1.807, 2.05) is 24.3 Å². The largest absolute Gasteiger partial charge is 0.255 e. The van der Waals surface area contributed by atoms with E-state index in [9.17, 15) is 0 Å². The molecule has 24 heavy (non-hydrogen) atoms. The number of hydrogen-bond acceptors (Lipinski definition) is 4. The number of thiophene rings is 2. The zero-order chi connectivity index (χ0) is 16.4. The first-order chi connectivity index (χ1) is 11.8. The molecule has 1 aromatic carbocycles. The second-order valence-corrected chi connectivity index (χ2v) is 7.84. The van der Waals surface area contributed by atoms with Gasteiger partial charge in [0.1, 0.15) is 0 Å². The second kappa shape index (κ2) is 6.93. The number of anilines is 1. The summed E-state index contributed by atoms with van der Waals surface area (Å²) in [4.78, 5) is 2.54. The van der Waals surface area contributed by atoms with Crippen LogP contribution in [0, 0.1) is 0 Å². The molecule has 120 valence electrons. The molecule has 3 heterocycles. The van der Waals surface area contributed by atoms with Crippen molar-refractivity contribution < 1.29 is 0 Å². The normalized spacial score (nSPS) is 17.6. The van der Waals surface area contributed by atoms with E-state index in [0.717, 1.165) is 22.8 Å². The predicted octanol–water partition coefficient (Wildman–Crippen LogP) is 6.48. The van der Waals surface area contributed by atoms with Crippen molar-refractivity contribution in [1.29, 1.82) is 0 Å². The number of para-hydroxylation sites is 1. The van der Waals surface area contributed by atoms with E-state index >= 15 is 0 Å². The third-order valence-electron chi connectivity index (χ3n) is 3.89. The minimum Gasteiger partial charge on any atom is -0.255 e. The molecular weight excluding hydrogens is 356 g/mol. The Hall–Kier alpha value is -1.88. The summed E-state index contributed by atoms with van der Waals surface area (Å²) >= 11 is 9.91. The zero-order valence-electron chi connectivity index (χ0n) is 12.8. The van der Waals surface area contributed by atoms with Gasteiger partial charge in [-0.05, 0) is 47.2 Å². The summed E-state index contributed by atoms with van der Waals surface area (Å²) in [6, 6.07) is 16.5. The molecule has 5 heteroatoms. The molecule has 1 aliphatic heterocycles. The van der Waals surface area contributed by atoms with Gasteiger partial charge in [0.05, 0.1) is 22.5 Å². The van der Waals surface area contributed by atoms with Crippen molar-refractivity contribution in [3.8, 4) is 0 Å². The van der Waals surface area contributed by atoms with Gasteiger partial charge in [-0.2, -0.15) is 5.10 Å². The SMILES string of the molecule is Clc1ccccc1N1N=C(/C=C/c2cccs2)CC1c1cccs1. The van der Waals surface area contributed by atoms with E-state index in [-0.39, 0.29) is 6.04 Å². The van der Waals surface area contributed by atoms with Crippen LogP contribution in [0.4, 0.5) is 5.69 Å². The van der Waals surface area contributed by atoms with Crippen molar-refractivity contribution in [1.82, 2.24) is 0 Å².